The van der Waals surface area contributed by atoms with Gasteiger partial charge in [-0.25, -0.2) is 0 Å². The van der Waals surface area contributed by atoms with Gasteiger partial charge in [0, 0.05) is 25.3 Å². The lowest BCUT2D eigenvalue weighted by molar-refractivity contribution is 0.832. The Labute approximate surface area is 149 Å². The first kappa shape index (κ1) is 17.9. The zero-order valence-electron chi connectivity index (χ0n) is 14.2. The van der Waals surface area contributed by atoms with Crippen LogP contribution in [0.1, 0.15) is 25.0 Å². The second kappa shape index (κ2) is 9.67. The maximum atomic E-state index is 5.06. The van der Waals surface area contributed by atoms with E-state index in [0.717, 1.165) is 25.2 Å². The van der Waals surface area contributed by atoms with E-state index in [2.05, 4.69) is 76.2 Å². The maximum absolute atomic E-state index is 5.06. The third kappa shape index (κ3) is 5.66. The van der Waals surface area contributed by atoms with Crippen molar-refractivity contribution >= 4 is 29.2 Å². The van der Waals surface area contributed by atoms with E-state index in [1.54, 1.807) is 6.21 Å². The van der Waals surface area contributed by atoms with Crippen LogP contribution in [0.3, 0.4) is 0 Å². The standard InChI is InChI=1S/C19H24N4S/c1-3-20-19(24)22-21-14-16-10-12-18(13-11-16)23(4-2)15-17-8-6-5-7-9-17/h5-14H,3-4,15H2,1-2H3,(H2,20,22,24)/b21-14+. The van der Waals surface area contributed by atoms with Crippen molar-refractivity contribution < 1.29 is 0 Å². The van der Waals surface area contributed by atoms with E-state index in [0.29, 0.717) is 5.11 Å². The quantitative estimate of drug-likeness (QED) is 0.459. The number of hydrogen-bond donors (Lipinski definition) is 2. The summed E-state index contributed by atoms with van der Waals surface area (Å²) >= 11 is 5.06. The molecular formula is C19H24N4S. The van der Waals surface area contributed by atoms with Crippen molar-refractivity contribution in [1.82, 2.24) is 10.7 Å². The minimum absolute atomic E-state index is 0.533. The predicted molar refractivity (Wildman–Crippen MR) is 107 cm³/mol. The van der Waals surface area contributed by atoms with E-state index in [1.807, 2.05) is 13.0 Å². The van der Waals surface area contributed by atoms with Crippen molar-refractivity contribution in [1.29, 1.82) is 0 Å². The number of rotatable bonds is 7. The fraction of sp³-hybridized carbons (Fsp3) is 0.263. The second-order valence-electron chi connectivity index (χ2n) is 5.32. The predicted octanol–water partition coefficient (Wildman–Crippen LogP) is 3.53. The van der Waals surface area contributed by atoms with Gasteiger partial charge in [0.05, 0.1) is 6.21 Å². The van der Waals surface area contributed by atoms with Gasteiger partial charge >= 0.3 is 0 Å². The smallest absolute Gasteiger partial charge is 0.186 e. The van der Waals surface area contributed by atoms with Crippen LogP contribution in [0.15, 0.2) is 59.7 Å². The Balaban J connectivity index is 1.97. The second-order valence-corrected chi connectivity index (χ2v) is 5.73. The van der Waals surface area contributed by atoms with Crippen LogP contribution in [-0.4, -0.2) is 24.4 Å². The molecule has 0 aromatic heterocycles. The van der Waals surface area contributed by atoms with Gasteiger partial charge in [0.15, 0.2) is 5.11 Å². The van der Waals surface area contributed by atoms with Crippen LogP contribution < -0.4 is 15.6 Å². The zero-order valence-corrected chi connectivity index (χ0v) is 15.0. The van der Waals surface area contributed by atoms with Crippen molar-refractivity contribution in [3.05, 3.63) is 65.7 Å². The van der Waals surface area contributed by atoms with Gasteiger partial charge in [0.2, 0.25) is 0 Å². The first-order valence-corrected chi connectivity index (χ1v) is 8.59. The summed E-state index contributed by atoms with van der Waals surface area (Å²) in [5.41, 5.74) is 6.34. The summed E-state index contributed by atoms with van der Waals surface area (Å²) in [6.07, 6.45) is 1.76. The molecule has 2 aromatic carbocycles. The summed E-state index contributed by atoms with van der Waals surface area (Å²) in [6.45, 7) is 6.81. The highest BCUT2D eigenvalue weighted by atomic mass is 32.1. The average Bonchev–Trinajstić information content (AvgIpc) is 2.61. The molecule has 2 rings (SSSR count). The molecule has 0 saturated heterocycles. The molecule has 24 heavy (non-hydrogen) atoms. The van der Waals surface area contributed by atoms with Crippen LogP contribution in [0, 0.1) is 0 Å². The van der Waals surface area contributed by atoms with Crippen LogP contribution in [-0.2, 0) is 6.54 Å². The van der Waals surface area contributed by atoms with Crippen LogP contribution in [0.25, 0.3) is 0 Å². The average molecular weight is 340 g/mol. The molecule has 0 unspecified atom stereocenters. The molecule has 0 bridgehead atoms. The lowest BCUT2D eigenvalue weighted by Crippen LogP contribution is -2.31. The van der Waals surface area contributed by atoms with Crippen molar-refractivity contribution in [3.63, 3.8) is 0 Å². The molecule has 4 nitrogen and oxygen atoms in total. The van der Waals surface area contributed by atoms with Gasteiger partial charge in [-0.15, -0.1) is 0 Å². The molecule has 0 aliphatic carbocycles. The molecule has 0 atom stereocenters. The lowest BCUT2D eigenvalue weighted by Gasteiger charge is -2.23. The van der Waals surface area contributed by atoms with Crippen molar-refractivity contribution in [2.75, 3.05) is 18.0 Å². The number of hydrazone groups is 1. The van der Waals surface area contributed by atoms with Crippen molar-refractivity contribution in [2.24, 2.45) is 5.10 Å². The van der Waals surface area contributed by atoms with Gasteiger partial charge in [0.25, 0.3) is 0 Å². The van der Waals surface area contributed by atoms with Gasteiger partial charge in [-0.1, -0.05) is 42.5 Å². The summed E-state index contributed by atoms with van der Waals surface area (Å²) in [5.74, 6) is 0. The summed E-state index contributed by atoms with van der Waals surface area (Å²) in [6, 6.07) is 18.9. The Kier molecular flexibility index (Phi) is 7.23. The van der Waals surface area contributed by atoms with E-state index in [9.17, 15) is 0 Å². The van der Waals surface area contributed by atoms with Crippen LogP contribution in [0.4, 0.5) is 5.69 Å². The summed E-state index contributed by atoms with van der Waals surface area (Å²) in [4.78, 5) is 2.34. The Hall–Kier alpha value is -2.40. The molecule has 0 saturated carbocycles. The Morgan fingerprint density at radius 1 is 1.08 bits per heavy atom. The molecule has 0 aliphatic heterocycles. The molecule has 0 heterocycles. The number of nitrogens with zero attached hydrogens (tertiary/aromatic N) is 2. The Morgan fingerprint density at radius 2 is 1.79 bits per heavy atom. The van der Waals surface area contributed by atoms with Gasteiger partial charge in [-0.2, -0.15) is 5.10 Å². The van der Waals surface area contributed by atoms with Gasteiger partial charge in [-0.3, -0.25) is 5.43 Å². The van der Waals surface area contributed by atoms with E-state index < -0.39 is 0 Å². The monoisotopic (exact) mass is 340 g/mol. The molecular weight excluding hydrogens is 316 g/mol. The van der Waals surface area contributed by atoms with E-state index in [1.165, 1.54) is 11.3 Å². The Bertz CT molecular complexity index is 653. The fourth-order valence-corrected chi connectivity index (χ4v) is 2.52. The van der Waals surface area contributed by atoms with Gasteiger partial charge < -0.3 is 10.2 Å². The summed E-state index contributed by atoms with van der Waals surface area (Å²) in [5, 5.41) is 7.65. The molecule has 0 fully saturated rings. The molecule has 2 N–H and O–H groups in total. The third-order valence-electron chi connectivity index (χ3n) is 3.57. The van der Waals surface area contributed by atoms with E-state index in [-0.39, 0.29) is 0 Å². The van der Waals surface area contributed by atoms with E-state index >= 15 is 0 Å². The molecule has 126 valence electrons. The lowest BCUT2D eigenvalue weighted by atomic mass is 10.1. The first-order valence-electron chi connectivity index (χ1n) is 8.18. The number of hydrogen-bond acceptors (Lipinski definition) is 3. The van der Waals surface area contributed by atoms with Gasteiger partial charge in [-0.05, 0) is 49.3 Å². The normalized spacial score (nSPS) is 10.6. The van der Waals surface area contributed by atoms with Crippen LogP contribution in [0.2, 0.25) is 0 Å². The number of benzene rings is 2. The zero-order chi connectivity index (χ0) is 17.2. The van der Waals surface area contributed by atoms with Gasteiger partial charge in [0.1, 0.15) is 0 Å². The van der Waals surface area contributed by atoms with Crippen molar-refractivity contribution in [3.8, 4) is 0 Å². The summed E-state index contributed by atoms with van der Waals surface area (Å²) < 4.78 is 0. The number of thiocarbonyl (C=S) groups is 1. The van der Waals surface area contributed by atoms with E-state index in [4.69, 9.17) is 12.2 Å². The molecule has 5 heteroatoms. The molecule has 0 radical (unpaired) electrons. The third-order valence-corrected chi connectivity index (χ3v) is 3.81. The maximum Gasteiger partial charge on any atom is 0.186 e. The SMILES string of the molecule is CCNC(=S)N/N=C/c1ccc(N(CC)Cc2ccccc2)cc1. The molecule has 0 amide bonds. The van der Waals surface area contributed by atoms with Crippen molar-refractivity contribution in [2.45, 2.75) is 20.4 Å². The number of nitrogens with one attached hydrogen (secondary N) is 2. The molecule has 0 aliphatic rings. The minimum Gasteiger partial charge on any atom is -0.367 e. The Morgan fingerprint density at radius 3 is 2.42 bits per heavy atom. The minimum atomic E-state index is 0.533. The highest BCUT2D eigenvalue weighted by molar-refractivity contribution is 7.80. The highest BCUT2D eigenvalue weighted by Crippen LogP contribution is 2.17. The number of anilines is 1. The van der Waals surface area contributed by atoms with Crippen LogP contribution >= 0.6 is 12.2 Å². The highest BCUT2D eigenvalue weighted by Gasteiger charge is 2.04. The molecule has 2 aromatic rings. The first-order chi connectivity index (χ1) is 11.7. The molecule has 0 spiro atoms. The van der Waals surface area contributed by atoms with Crippen LogP contribution in [0.5, 0.6) is 0 Å². The fourth-order valence-electron chi connectivity index (χ4n) is 2.33. The largest absolute Gasteiger partial charge is 0.367 e. The topological polar surface area (TPSA) is 39.7 Å². The summed E-state index contributed by atoms with van der Waals surface area (Å²) in [7, 11) is 0.